The number of ether oxygens (including phenoxy) is 2. The normalized spacial score (nSPS) is 16.3. The largest absolute Gasteiger partial charge is 0.507 e. The van der Waals surface area contributed by atoms with Crippen LogP contribution in [0, 0.1) is 0 Å². The average Bonchev–Trinajstić information content (AvgIpc) is 3.73. The number of nitrogens with one attached hydrogen (secondary N) is 1. The van der Waals surface area contributed by atoms with Gasteiger partial charge in [-0.3, -0.25) is 4.79 Å². The zero-order valence-electron chi connectivity index (χ0n) is 22.5. The van der Waals surface area contributed by atoms with Gasteiger partial charge in [-0.1, -0.05) is 30.3 Å². The minimum absolute atomic E-state index is 0.0546. The van der Waals surface area contributed by atoms with Crippen molar-refractivity contribution in [3.8, 4) is 22.8 Å². The molecule has 1 amide bonds. The Morgan fingerprint density at radius 1 is 1.20 bits per heavy atom. The predicted molar refractivity (Wildman–Crippen MR) is 149 cm³/mol. The van der Waals surface area contributed by atoms with Gasteiger partial charge >= 0.3 is 0 Å². The molecule has 1 atom stereocenters. The quantitative estimate of drug-likeness (QED) is 0.289. The van der Waals surface area contributed by atoms with Crippen molar-refractivity contribution < 1.29 is 28.2 Å². The number of carbonyl (C=O) groups is 1. The van der Waals surface area contributed by atoms with E-state index >= 15 is 0 Å². The van der Waals surface area contributed by atoms with Crippen LogP contribution in [0.1, 0.15) is 45.5 Å². The Morgan fingerprint density at radius 3 is 2.73 bits per heavy atom. The Labute approximate surface area is 236 Å². The summed E-state index contributed by atoms with van der Waals surface area (Å²) < 4.78 is 40.6. The first-order valence-corrected chi connectivity index (χ1v) is 13.4. The lowest BCUT2D eigenvalue weighted by Crippen LogP contribution is -2.26. The third-order valence-corrected chi connectivity index (χ3v) is 7.55. The van der Waals surface area contributed by atoms with Gasteiger partial charge < -0.3 is 29.4 Å². The molecule has 0 unspecified atom stereocenters. The number of hydrogen-bond acceptors (Lipinski definition) is 6. The molecular formula is C31H30F2N4O4. The minimum atomic E-state index is -2.83. The zero-order chi connectivity index (χ0) is 28.5. The SMILES string of the molecule is Cn1cncc1-c1cc2c(c(N[C@H]3CCOC3)c1)CN(C(=O)c1c(O)cc(C(F)F)cc1OCc1ccccc1)C2. The van der Waals surface area contributed by atoms with Gasteiger partial charge in [0.1, 0.15) is 23.7 Å². The predicted octanol–water partition coefficient (Wildman–Crippen LogP) is 5.67. The number of imidazole rings is 1. The molecule has 0 spiro atoms. The summed E-state index contributed by atoms with van der Waals surface area (Å²) in [5.74, 6) is -1.12. The molecular weight excluding hydrogens is 530 g/mol. The molecule has 2 aliphatic rings. The minimum Gasteiger partial charge on any atom is -0.507 e. The Balaban J connectivity index is 1.33. The number of hydrogen-bond donors (Lipinski definition) is 2. The van der Waals surface area contributed by atoms with Gasteiger partial charge in [0, 0.05) is 43.6 Å². The number of nitrogens with zero attached hydrogens (tertiary/aromatic N) is 3. The van der Waals surface area contributed by atoms with Crippen molar-refractivity contribution >= 4 is 11.6 Å². The fourth-order valence-corrected chi connectivity index (χ4v) is 5.41. The van der Waals surface area contributed by atoms with Gasteiger partial charge in [-0.15, -0.1) is 0 Å². The van der Waals surface area contributed by atoms with E-state index in [2.05, 4.69) is 16.4 Å². The fraction of sp³-hybridized carbons (Fsp3) is 0.290. The Morgan fingerprint density at radius 2 is 2.02 bits per heavy atom. The second kappa shape index (κ2) is 11.2. The summed E-state index contributed by atoms with van der Waals surface area (Å²) in [4.78, 5) is 19.8. The first kappa shape index (κ1) is 26.8. The molecule has 2 aliphatic heterocycles. The maximum Gasteiger partial charge on any atom is 0.264 e. The first-order valence-electron chi connectivity index (χ1n) is 13.4. The number of aryl methyl sites for hydroxylation is 1. The lowest BCUT2D eigenvalue weighted by Gasteiger charge is -2.20. The monoisotopic (exact) mass is 560 g/mol. The van der Waals surface area contributed by atoms with Crippen LogP contribution in [-0.2, 0) is 31.5 Å². The lowest BCUT2D eigenvalue weighted by molar-refractivity contribution is 0.0742. The van der Waals surface area contributed by atoms with Crippen molar-refractivity contribution in [3.05, 3.63) is 94.9 Å². The second-order valence-electron chi connectivity index (χ2n) is 10.4. The van der Waals surface area contributed by atoms with Crippen LogP contribution in [0.3, 0.4) is 0 Å². The number of rotatable bonds is 8. The van der Waals surface area contributed by atoms with Crippen LogP contribution < -0.4 is 10.1 Å². The summed E-state index contributed by atoms with van der Waals surface area (Å²) in [5.41, 5.74) is 4.95. The summed E-state index contributed by atoms with van der Waals surface area (Å²) in [7, 11) is 1.92. The number of benzene rings is 3. The molecule has 41 heavy (non-hydrogen) atoms. The lowest BCUT2D eigenvalue weighted by atomic mass is 10.0. The van der Waals surface area contributed by atoms with Gasteiger partial charge in [-0.05, 0) is 47.4 Å². The molecule has 3 aromatic carbocycles. The Bertz CT molecular complexity index is 1570. The van der Waals surface area contributed by atoms with E-state index in [1.165, 1.54) is 0 Å². The van der Waals surface area contributed by atoms with E-state index < -0.39 is 23.6 Å². The molecule has 8 nitrogen and oxygen atoms in total. The van der Waals surface area contributed by atoms with Crippen molar-refractivity contribution in [3.63, 3.8) is 0 Å². The molecule has 10 heteroatoms. The molecule has 0 bridgehead atoms. The van der Waals surface area contributed by atoms with Crippen molar-refractivity contribution in [2.24, 2.45) is 7.05 Å². The van der Waals surface area contributed by atoms with Crippen LogP contribution in [0.15, 0.2) is 67.1 Å². The highest BCUT2D eigenvalue weighted by Gasteiger charge is 2.32. The Kier molecular flexibility index (Phi) is 7.32. The third-order valence-electron chi connectivity index (χ3n) is 7.55. The number of alkyl halides is 2. The smallest absolute Gasteiger partial charge is 0.264 e. The van der Waals surface area contributed by atoms with E-state index in [-0.39, 0.29) is 37.1 Å². The maximum atomic E-state index is 13.9. The number of anilines is 1. The molecule has 1 saturated heterocycles. The van der Waals surface area contributed by atoms with Gasteiger partial charge in [0.25, 0.3) is 12.3 Å². The molecule has 1 fully saturated rings. The number of halogens is 2. The summed E-state index contributed by atoms with van der Waals surface area (Å²) >= 11 is 0. The van der Waals surface area contributed by atoms with Crippen molar-refractivity contribution in [2.75, 3.05) is 18.5 Å². The number of fused-ring (bicyclic) bond motifs is 1. The van der Waals surface area contributed by atoms with E-state index in [4.69, 9.17) is 9.47 Å². The topological polar surface area (TPSA) is 88.9 Å². The molecule has 0 saturated carbocycles. The summed E-state index contributed by atoms with van der Waals surface area (Å²) in [6.07, 6.45) is 1.57. The van der Waals surface area contributed by atoms with Crippen molar-refractivity contribution in [1.29, 1.82) is 0 Å². The fourth-order valence-electron chi connectivity index (χ4n) is 5.41. The summed E-state index contributed by atoms with van der Waals surface area (Å²) in [6, 6.07) is 15.5. The van der Waals surface area contributed by atoms with Crippen LogP contribution in [-0.4, -0.2) is 44.7 Å². The molecule has 212 valence electrons. The van der Waals surface area contributed by atoms with E-state index in [1.807, 2.05) is 48.0 Å². The molecule has 0 aliphatic carbocycles. The molecule has 3 heterocycles. The van der Waals surface area contributed by atoms with E-state index in [9.17, 15) is 18.7 Å². The summed E-state index contributed by atoms with van der Waals surface area (Å²) in [5, 5.41) is 14.4. The van der Waals surface area contributed by atoms with Crippen LogP contribution in [0.2, 0.25) is 0 Å². The first-order chi connectivity index (χ1) is 19.9. The van der Waals surface area contributed by atoms with Gasteiger partial charge in [-0.25, -0.2) is 13.8 Å². The second-order valence-corrected chi connectivity index (χ2v) is 10.4. The zero-order valence-corrected chi connectivity index (χ0v) is 22.5. The van der Waals surface area contributed by atoms with Crippen molar-refractivity contribution in [1.82, 2.24) is 14.5 Å². The molecule has 0 radical (unpaired) electrons. The van der Waals surface area contributed by atoms with Crippen LogP contribution in [0.4, 0.5) is 14.5 Å². The van der Waals surface area contributed by atoms with Gasteiger partial charge in [0.05, 0.1) is 30.9 Å². The summed E-state index contributed by atoms with van der Waals surface area (Å²) in [6.45, 7) is 1.90. The van der Waals surface area contributed by atoms with Gasteiger partial charge in [-0.2, -0.15) is 0 Å². The number of phenols is 1. The van der Waals surface area contributed by atoms with Crippen LogP contribution in [0.5, 0.6) is 11.5 Å². The number of carbonyl (C=O) groups excluding carboxylic acids is 1. The maximum absolute atomic E-state index is 13.9. The van der Waals surface area contributed by atoms with Gasteiger partial charge in [0.2, 0.25) is 0 Å². The standard InChI is InChI=1S/C31H30F2N4O4/c1-36-18-34-13-26(36)20-9-22-14-37(15-24(22)25(10-20)35-23-7-8-40-17-23)31(39)29-27(38)11-21(30(32)33)12-28(29)41-16-19-5-3-2-4-6-19/h2-6,9-13,18,23,30,35,38H,7-8,14-17H2,1H3/t23-/m0/s1. The molecule has 1 aromatic heterocycles. The van der Waals surface area contributed by atoms with Crippen molar-refractivity contribution in [2.45, 2.75) is 38.6 Å². The van der Waals surface area contributed by atoms with E-state index in [1.54, 1.807) is 17.4 Å². The number of aromatic nitrogens is 2. The average molecular weight is 561 g/mol. The van der Waals surface area contributed by atoms with E-state index in [0.29, 0.717) is 13.2 Å². The van der Waals surface area contributed by atoms with E-state index in [0.717, 1.165) is 52.2 Å². The third kappa shape index (κ3) is 5.47. The molecule has 6 rings (SSSR count). The molecule has 2 N–H and O–H groups in total. The number of phenolic OH excluding ortho intramolecular Hbond substituents is 1. The van der Waals surface area contributed by atoms with Crippen LogP contribution >= 0.6 is 0 Å². The number of aromatic hydroxyl groups is 1. The van der Waals surface area contributed by atoms with Crippen LogP contribution in [0.25, 0.3) is 11.3 Å². The highest BCUT2D eigenvalue weighted by Crippen LogP contribution is 2.40. The highest BCUT2D eigenvalue weighted by atomic mass is 19.3. The van der Waals surface area contributed by atoms with Gasteiger partial charge in [0.15, 0.2) is 0 Å². The highest BCUT2D eigenvalue weighted by molar-refractivity contribution is 6.00. The Hall–Kier alpha value is -4.44. The molecule has 4 aromatic rings. The number of amides is 1.